The van der Waals surface area contributed by atoms with Gasteiger partial charge in [0.15, 0.2) is 27.0 Å². The smallest absolute Gasteiger partial charge is 0.303 e. The van der Waals surface area contributed by atoms with Crippen LogP contribution in [0.5, 0.6) is 5.75 Å². The number of aliphatic carboxylic acids is 1. The molecule has 0 saturated carbocycles. The molecule has 2 rings (SSSR count). The third-order valence-corrected chi connectivity index (χ3v) is 8.05. The van der Waals surface area contributed by atoms with Crippen LogP contribution in [0, 0.1) is 11.8 Å². The van der Waals surface area contributed by atoms with Crippen molar-refractivity contribution >= 4 is 21.6 Å². The van der Waals surface area contributed by atoms with Gasteiger partial charge in [0, 0.05) is 0 Å². The highest BCUT2D eigenvalue weighted by Crippen LogP contribution is 2.40. The number of benzene rings is 1. The van der Waals surface area contributed by atoms with Gasteiger partial charge in [-0.3, -0.25) is 9.59 Å². The number of sulfone groups is 1. The Hall–Kier alpha value is -2.56. The Balaban J connectivity index is 2.58. The second-order valence-corrected chi connectivity index (χ2v) is 11.0. The molecule has 0 heterocycles. The van der Waals surface area contributed by atoms with Crippen LogP contribution in [0.25, 0.3) is 0 Å². The lowest BCUT2D eigenvalue weighted by Gasteiger charge is -2.35. The van der Waals surface area contributed by atoms with Gasteiger partial charge in [0.1, 0.15) is 11.5 Å². The molecule has 0 radical (unpaired) electrons. The standard InChI is InChI=1S/C25H33FO8S/c1-5-7-19-24(20(26)10-11-25(19,31)16(4)27)34-17-8-9-18(23(30)15(3)13-22(28)29)21(14-17)35(32,33)12-6-2/h8-11,14-15,19,23,30-31H,5-7,12-13H2,1-4H3,(H,28,29). The van der Waals surface area contributed by atoms with Crippen LogP contribution in [0.3, 0.4) is 0 Å². The molecule has 4 unspecified atom stereocenters. The number of hydrogen-bond donors (Lipinski definition) is 3. The zero-order valence-corrected chi connectivity index (χ0v) is 21.1. The Morgan fingerprint density at radius 3 is 2.43 bits per heavy atom. The summed E-state index contributed by atoms with van der Waals surface area (Å²) < 4.78 is 46.6. The molecule has 0 aliphatic heterocycles. The predicted molar refractivity (Wildman–Crippen MR) is 127 cm³/mol. The molecule has 0 bridgehead atoms. The second kappa shape index (κ2) is 11.5. The number of carboxylic acids is 1. The lowest BCUT2D eigenvalue weighted by atomic mass is 9.77. The van der Waals surface area contributed by atoms with Gasteiger partial charge in [0.2, 0.25) is 0 Å². The number of ether oxygens (including phenoxy) is 1. The van der Waals surface area contributed by atoms with Crippen LogP contribution in [-0.4, -0.2) is 46.8 Å². The van der Waals surface area contributed by atoms with E-state index in [-0.39, 0.29) is 40.6 Å². The normalized spacial score (nSPS) is 22.1. The predicted octanol–water partition coefficient (Wildman–Crippen LogP) is 3.88. The highest BCUT2D eigenvalue weighted by atomic mass is 32.2. The summed E-state index contributed by atoms with van der Waals surface area (Å²) >= 11 is 0. The molecule has 194 valence electrons. The molecule has 1 aromatic carbocycles. The molecule has 10 heteroatoms. The molecule has 3 N–H and O–H groups in total. The fourth-order valence-electron chi connectivity index (χ4n) is 4.18. The van der Waals surface area contributed by atoms with E-state index in [1.807, 2.05) is 0 Å². The lowest BCUT2D eigenvalue weighted by Crippen LogP contribution is -2.46. The van der Waals surface area contributed by atoms with Gasteiger partial charge in [-0.1, -0.05) is 33.3 Å². The first-order valence-corrected chi connectivity index (χ1v) is 13.2. The van der Waals surface area contributed by atoms with Crippen LogP contribution in [0.4, 0.5) is 4.39 Å². The van der Waals surface area contributed by atoms with Crippen LogP contribution < -0.4 is 4.74 Å². The van der Waals surface area contributed by atoms with Crippen molar-refractivity contribution in [1.29, 1.82) is 0 Å². The summed E-state index contributed by atoms with van der Waals surface area (Å²) in [7, 11) is -3.90. The van der Waals surface area contributed by atoms with Gasteiger partial charge in [-0.2, -0.15) is 0 Å². The molecule has 0 saturated heterocycles. The highest BCUT2D eigenvalue weighted by molar-refractivity contribution is 7.91. The minimum Gasteiger partial charge on any atom is -0.481 e. The van der Waals surface area contributed by atoms with Crippen LogP contribution in [0.1, 0.15) is 65.0 Å². The summed E-state index contributed by atoms with van der Waals surface area (Å²) in [5.41, 5.74) is -1.96. The largest absolute Gasteiger partial charge is 0.481 e. The summed E-state index contributed by atoms with van der Waals surface area (Å²) in [6, 6.07) is 3.81. The van der Waals surface area contributed by atoms with Crippen molar-refractivity contribution in [3.63, 3.8) is 0 Å². The van der Waals surface area contributed by atoms with E-state index in [0.29, 0.717) is 12.8 Å². The first-order valence-electron chi connectivity index (χ1n) is 11.5. The average Bonchev–Trinajstić information content (AvgIpc) is 2.77. The fourth-order valence-corrected chi connectivity index (χ4v) is 5.78. The van der Waals surface area contributed by atoms with E-state index in [1.54, 1.807) is 13.8 Å². The number of ketones is 1. The first kappa shape index (κ1) is 28.7. The third-order valence-electron chi connectivity index (χ3n) is 6.08. The Bertz CT molecular complexity index is 1120. The topological polar surface area (TPSA) is 138 Å². The summed E-state index contributed by atoms with van der Waals surface area (Å²) in [6.45, 7) is 6.16. The number of aliphatic hydroxyl groups is 2. The number of carbonyl (C=O) groups is 2. The second-order valence-electron chi connectivity index (χ2n) is 8.91. The highest BCUT2D eigenvalue weighted by Gasteiger charge is 2.45. The van der Waals surface area contributed by atoms with Gasteiger partial charge in [0.05, 0.1) is 29.1 Å². The van der Waals surface area contributed by atoms with E-state index < -0.39 is 51.0 Å². The van der Waals surface area contributed by atoms with Crippen molar-refractivity contribution in [2.24, 2.45) is 11.8 Å². The van der Waals surface area contributed by atoms with E-state index in [4.69, 9.17) is 9.84 Å². The maximum absolute atomic E-state index is 14.8. The minimum atomic E-state index is -3.90. The number of carboxylic acid groups (broad SMARTS) is 1. The molecule has 1 aromatic rings. The quantitative estimate of drug-likeness (QED) is 0.384. The number of aliphatic hydroxyl groups excluding tert-OH is 1. The molecule has 1 aliphatic carbocycles. The van der Waals surface area contributed by atoms with Crippen molar-refractivity contribution in [3.05, 3.63) is 47.5 Å². The average molecular weight is 513 g/mol. The molecule has 1 aliphatic rings. The number of hydrogen-bond acceptors (Lipinski definition) is 7. The van der Waals surface area contributed by atoms with Crippen molar-refractivity contribution in [2.75, 3.05) is 5.75 Å². The summed E-state index contributed by atoms with van der Waals surface area (Å²) in [4.78, 5) is 23.0. The summed E-state index contributed by atoms with van der Waals surface area (Å²) in [6.07, 6.45) is 1.32. The number of rotatable bonds is 12. The molecular weight excluding hydrogens is 479 g/mol. The molecule has 0 spiro atoms. The van der Waals surface area contributed by atoms with E-state index in [0.717, 1.165) is 18.2 Å². The van der Waals surface area contributed by atoms with Gasteiger partial charge >= 0.3 is 5.97 Å². The Labute approximate surface area is 205 Å². The van der Waals surface area contributed by atoms with Crippen molar-refractivity contribution in [1.82, 2.24) is 0 Å². The Kier molecular flexibility index (Phi) is 9.38. The monoisotopic (exact) mass is 512 g/mol. The molecule has 0 aromatic heterocycles. The van der Waals surface area contributed by atoms with Gasteiger partial charge < -0.3 is 20.1 Å². The summed E-state index contributed by atoms with van der Waals surface area (Å²) in [5.74, 6) is -4.91. The maximum atomic E-state index is 14.8. The Morgan fingerprint density at radius 1 is 1.23 bits per heavy atom. The SMILES string of the molecule is CCCC1C(Oc2ccc(C(O)C(C)CC(=O)O)c(S(=O)(=O)CCC)c2)=C(F)C=CC1(O)C(C)=O. The minimum absolute atomic E-state index is 0.0166. The van der Waals surface area contributed by atoms with E-state index in [9.17, 15) is 32.6 Å². The van der Waals surface area contributed by atoms with Crippen molar-refractivity contribution in [2.45, 2.75) is 70.0 Å². The number of carbonyl (C=O) groups excluding carboxylic acids is 1. The lowest BCUT2D eigenvalue weighted by molar-refractivity contribution is -0.139. The van der Waals surface area contributed by atoms with E-state index >= 15 is 0 Å². The molecule has 35 heavy (non-hydrogen) atoms. The van der Waals surface area contributed by atoms with Gasteiger partial charge in [-0.25, -0.2) is 12.8 Å². The van der Waals surface area contributed by atoms with Crippen LogP contribution in [0.2, 0.25) is 0 Å². The number of Topliss-reactive ketones (excluding diaryl/α,β-unsaturated/α-hetero) is 1. The van der Waals surface area contributed by atoms with Gasteiger partial charge in [-0.15, -0.1) is 0 Å². The molecule has 0 fully saturated rings. The third kappa shape index (κ3) is 6.36. The molecule has 0 amide bonds. The zero-order valence-electron chi connectivity index (χ0n) is 20.3. The van der Waals surface area contributed by atoms with Crippen LogP contribution in [-0.2, 0) is 19.4 Å². The fraction of sp³-hybridized carbons (Fsp3) is 0.520. The number of halogens is 1. The molecule has 8 nitrogen and oxygen atoms in total. The van der Waals surface area contributed by atoms with E-state index in [1.165, 1.54) is 26.0 Å². The first-order chi connectivity index (χ1) is 16.3. The van der Waals surface area contributed by atoms with E-state index in [2.05, 4.69) is 0 Å². The van der Waals surface area contributed by atoms with Gasteiger partial charge in [-0.05, 0) is 55.5 Å². The molecular formula is C25H33FO8S. The van der Waals surface area contributed by atoms with Crippen LogP contribution >= 0.6 is 0 Å². The Morgan fingerprint density at radius 2 is 1.89 bits per heavy atom. The van der Waals surface area contributed by atoms with Gasteiger partial charge in [0.25, 0.3) is 0 Å². The van der Waals surface area contributed by atoms with Crippen LogP contribution in [0.15, 0.2) is 46.8 Å². The summed E-state index contributed by atoms with van der Waals surface area (Å²) in [5, 5.41) is 30.7. The number of allylic oxidation sites excluding steroid dienone is 2. The zero-order chi connectivity index (χ0) is 26.6. The van der Waals surface area contributed by atoms with Crippen molar-refractivity contribution < 1.29 is 42.5 Å². The van der Waals surface area contributed by atoms with Crippen molar-refractivity contribution in [3.8, 4) is 5.75 Å². The maximum Gasteiger partial charge on any atom is 0.303 e. The molecule has 4 atom stereocenters.